The van der Waals surface area contributed by atoms with Crippen LogP contribution in [0.4, 0.5) is 4.79 Å². The summed E-state index contributed by atoms with van der Waals surface area (Å²) in [4.78, 5) is 13.3. The second kappa shape index (κ2) is 4.43. The lowest BCUT2D eigenvalue weighted by molar-refractivity contribution is 0.0383. The zero-order valence-corrected chi connectivity index (χ0v) is 10.2. The summed E-state index contributed by atoms with van der Waals surface area (Å²) in [6, 6.07) is 0. The monoisotopic (exact) mass is 222 g/mol. The van der Waals surface area contributed by atoms with Crippen LogP contribution in [0.2, 0.25) is 0 Å². The maximum atomic E-state index is 11.9. The molecule has 88 valence electrons. The van der Waals surface area contributed by atoms with Crippen molar-refractivity contribution in [1.29, 1.82) is 0 Å². The Morgan fingerprint density at radius 1 is 1.44 bits per heavy atom. The van der Waals surface area contributed by atoms with E-state index in [9.17, 15) is 4.79 Å². The van der Waals surface area contributed by atoms with Gasteiger partial charge in [0.05, 0.1) is 0 Å². The van der Waals surface area contributed by atoms with Crippen molar-refractivity contribution in [3.63, 3.8) is 0 Å². The molecular formula is C12H18N2O2. The standard InChI is InChI=1S/C12H18N2O2/c1-9-6-5-7-10(13)8-14(9)11(15)16-12(2,3)4/h5-8H,13H2,1-4H3. The lowest BCUT2D eigenvalue weighted by Gasteiger charge is -2.25. The molecule has 0 aromatic heterocycles. The summed E-state index contributed by atoms with van der Waals surface area (Å²) >= 11 is 0. The Balaban J connectivity index is 2.87. The summed E-state index contributed by atoms with van der Waals surface area (Å²) < 4.78 is 5.27. The van der Waals surface area contributed by atoms with Crippen molar-refractivity contribution >= 4 is 6.09 Å². The highest BCUT2D eigenvalue weighted by atomic mass is 16.6. The number of hydrogen-bond acceptors (Lipinski definition) is 3. The predicted molar refractivity (Wildman–Crippen MR) is 63.2 cm³/mol. The van der Waals surface area contributed by atoms with Crippen LogP contribution in [-0.4, -0.2) is 16.6 Å². The zero-order chi connectivity index (χ0) is 12.3. The van der Waals surface area contributed by atoms with Crippen LogP contribution < -0.4 is 5.73 Å². The third-order valence-electron chi connectivity index (χ3n) is 1.87. The number of carbonyl (C=O) groups excluding carboxylic acids is 1. The molecule has 0 saturated carbocycles. The van der Waals surface area contributed by atoms with Gasteiger partial charge < -0.3 is 10.5 Å². The molecule has 1 heterocycles. The summed E-state index contributed by atoms with van der Waals surface area (Å²) in [6.45, 7) is 7.30. The second-order valence-electron chi connectivity index (χ2n) is 4.65. The van der Waals surface area contributed by atoms with E-state index >= 15 is 0 Å². The molecule has 16 heavy (non-hydrogen) atoms. The minimum Gasteiger partial charge on any atom is -0.443 e. The average molecular weight is 222 g/mol. The average Bonchev–Trinajstić information content (AvgIpc) is 2.25. The third-order valence-corrected chi connectivity index (χ3v) is 1.87. The van der Waals surface area contributed by atoms with E-state index in [0.717, 1.165) is 5.70 Å². The molecule has 1 rings (SSSR count). The van der Waals surface area contributed by atoms with Gasteiger partial charge in [0.1, 0.15) is 5.60 Å². The number of ether oxygens (including phenoxy) is 1. The molecule has 0 bridgehead atoms. The molecule has 0 fully saturated rings. The summed E-state index contributed by atoms with van der Waals surface area (Å²) in [7, 11) is 0. The largest absolute Gasteiger partial charge is 0.443 e. The van der Waals surface area contributed by atoms with Gasteiger partial charge in [0, 0.05) is 17.6 Å². The molecule has 0 unspecified atom stereocenters. The van der Waals surface area contributed by atoms with Crippen LogP contribution in [0.25, 0.3) is 0 Å². The van der Waals surface area contributed by atoms with Crippen LogP contribution in [-0.2, 0) is 4.74 Å². The van der Waals surface area contributed by atoms with E-state index < -0.39 is 11.7 Å². The molecule has 0 spiro atoms. The predicted octanol–water partition coefficient (Wildman–Crippen LogP) is 2.50. The van der Waals surface area contributed by atoms with E-state index in [2.05, 4.69) is 0 Å². The van der Waals surface area contributed by atoms with Gasteiger partial charge in [-0.15, -0.1) is 0 Å². The normalized spacial score (nSPS) is 16.4. The third kappa shape index (κ3) is 3.46. The van der Waals surface area contributed by atoms with Crippen molar-refractivity contribution in [1.82, 2.24) is 4.90 Å². The lowest BCUT2D eigenvalue weighted by atomic mass is 10.2. The molecule has 2 N–H and O–H groups in total. The Bertz CT molecular complexity index is 373. The lowest BCUT2D eigenvalue weighted by Crippen LogP contribution is -2.33. The molecule has 4 nitrogen and oxygen atoms in total. The minimum absolute atomic E-state index is 0.423. The highest BCUT2D eigenvalue weighted by Crippen LogP contribution is 2.16. The number of amides is 1. The molecule has 0 saturated heterocycles. The van der Waals surface area contributed by atoms with Gasteiger partial charge in [-0.05, 0) is 39.8 Å². The zero-order valence-electron chi connectivity index (χ0n) is 10.2. The van der Waals surface area contributed by atoms with Crippen LogP contribution in [0.3, 0.4) is 0 Å². The number of nitrogens with two attached hydrogens (primary N) is 1. The van der Waals surface area contributed by atoms with E-state index in [-0.39, 0.29) is 0 Å². The summed E-state index contributed by atoms with van der Waals surface area (Å²) in [5, 5.41) is 0. The molecule has 1 aliphatic heterocycles. The van der Waals surface area contributed by atoms with E-state index in [1.54, 1.807) is 24.4 Å². The highest BCUT2D eigenvalue weighted by Gasteiger charge is 2.22. The van der Waals surface area contributed by atoms with Crippen molar-refractivity contribution in [2.45, 2.75) is 33.3 Å². The van der Waals surface area contributed by atoms with Gasteiger partial charge in [-0.3, -0.25) is 4.90 Å². The quantitative estimate of drug-likeness (QED) is 0.685. The van der Waals surface area contributed by atoms with E-state index in [1.165, 1.54) is 4.90 Å². The first kappa shape index (κ1) is 12.4. The van der Waals surface area contributed by atoms with Crippen LogP contribution >= 0.6 is 0 Å². The number of hydrogen-bond donors (Lipinski definition) is 1. The van der Waals surface area contributed by atoms with Crippen molar-refractivity contribution in [2.75, 3.05) is 0 Å². The molecule has 0 aromatic rings. The number of carbonyl (C=O) groups is 1. The fraction of sp³-hybridized carbons (Fsp3) is 0.417. The van der Waals surface area contributed by atoms with Gasteiger partial charge in [-0.2, -0.15) is 0 Å². The number of rotatable bonds is 0. The van der Waals surface area contributed by atoms with Crippen LogP contribution in [0.15, 0.2) is 35.8 Å². The van der Waals surface area contributed by atoms with Gasteiger partial charge in [-0.1, -0.05) is 6.08 Å². The Labute approximate surface area is 96.1 Å². The van der Waals surface area contributed by atoms with Crippen molar-refractivity contribution in [2.24, 2.45) is 5.73 Å². The SMILES string of the molecule is CC1=CC=CC(N)=CN1C(=O)OC(C)(C)C. The van der Waals surface area contributed by atoms with E-state index in [1.807, 2.05) is 27.7 Å². The van der Waals surface area contributed by atoms with Crippen LogP contribution in [0.5, 0.6) is 0 Å². The maximum absolute atomic E-state index is 11.9. The first-order valence-electron chi connectivity index (χ1n) is 5.14. The molecule has 0 aromatic carbocycles. The van der Waals surface area contributed by atoms with Crippen LogP contribution in [0.1, 0.15) is 27.7 Å². The minimum atomic E-state index is -0.514. The van der Waals surface area contributed by atoms with Gasteiger partial charge >= 0.3 is 6.09 Å². The summed E-state index contributed by atoms with van der Waals surface area (Å²) in [5.41, 5.74) is 6.45. The molecular weight excluding hydrogens is 204 g/mol. The topological polar surface area (TPSA) is 55.6 Å². The Kier molecular flexibility index (Phi) is 3.42. The Morgan fingerprint density at radius 2 is 2.06 bits per heavy atom. The van der Waals surface area contributed by atoms with Crippen molar-refractivity contribution in [3.8, 4) is 0 Å². The van der Waals surface area contributed by atoms with E-state index in [4.69, 9.17) is 10.5 Å². The molecule has 0 atom stereocenters. The summed E-state index contributed by atoms with van der Waals surface area (Å²) in [6.07, 6.45) is 6.47. The fourth-order valence-electron chi connectivity index (χ4n) is 1.18. The van der Waals surface area contributed by atoms with Crippen LogP contribution in [0, 0.1) is 0 Å². The molecule has 1 aliphatic rings. The second-order valence-corrected chi connectivity index (χ2v) is 4.65. The maximum Gasteiger partial charge on any atom is 0.418 e. The van der Waals surface area contributed by atoms with Gasteiger partial charge in [-0.25, -0.2) is 4.79 Å². The Hall–Kier alpha value is -1.71. The van der Waals surface area contributed by atoms with Gasteiger partial charge in [0.25, 0.3) is 0 Å². The molecule has 0 radical (unpaired) electrons. The van der Waals surface area contributed by atoms with Gasteiger partial charge in [0.15, 0.2) is 0 Å². The fourth-order valence-corrected chi connectivity index (χ4v) is 1.18. The van der Waals surface area contributed by atoms with Crippen molar-refractivity contribution in [3.05, 3.63) is 35.8 Å². The smallest absolute Gasteiger partial charge is 0.418 e. The first-order valence-corrected chi connectivity index (χ1v) is 5.14. The number of nitrogens with zero attached hydrogens (tertiary/aromatic N) is 1. The summed E-state index contributed by atoms with van der Waals surface area (Å²) in [5.74, 6) is 0. The highest BCUT2D eigenvalue weighted by molar-refractivity contribution is 5.72. The first-order chi connectivity index (χ1) is 7.29. The number of allylic oxidation sites excluding steroid dienone is 4. The molecule has 0 aliphatic carbocycles. The van der Waals surface area contributed by atoms with E-state index in [0.29, 0.717) is 5.70 Å². The molecule has 1 amide bonds. The molecule has 4 heteroatoms. The van der Waals surface area contributed by atoms with Crippen molar-refractivity contribution < 1.29 is 9.53 Å². The van der Waals surface area contributed by atoms with Gasteiger partial charge in [0.2, 0.25) is 0 Å². The Morgan fingerprint density at radius 3 is 2.62 bits per heavy atom.